The minimum absolute atomic E-state index is 0.0156. The average molecular weight is 1680 g/mol. The largest absolute Gasteiger partial charge is 0.468 e. The maximum absolute atomic E-state index is 12.8. The van der Waals surface area contributed by atoms with Crippen molar-refractivity contribution >= 4 is 97.1 Å². The summed E-state index contributed by atoms with van der Waals surface area (Å²) < 4.78 is 5.49. The van der Waals surface area contributed by atoms with Gasteiger partial charge >= 0.3 is 0 Å². The Morgan fingerprint density at radius 3 is 1.43 bits per heavy atom. The number of thiophene rings is 4. The summed E-state index contributed by atoms with van der Waals surface area (Å²) in [6, 6.07) is 46.3. The molecule has 628 valence electrons. The molecule has 0 aliphatic heterocycles. The highest BCUT2D eigenvalue weighted by Gasteiger charge is 2.28. The molecule has 1 fully saturated rings. The van der Waals surface area contributed by atoms with Gasteiger partial charge in [0.1, 0.15) is 48.4 Å². The number of benzene rings is 4. The van der Waals surface area contributed by atoms with E-state index in [1.807, 2.05) is 30.5 Å². The minimum atomic E-state index is 0.0156. The fourth-order valence-electron chi connectivity index (χ4n) is 18.4. The van der Waals surface area contributed by atoms with Gasteiger partial charge in [0, 0.05) is 63.7 Å². The smallest absolute Gasteiger partial charge is 0.259 e. The summed E-state index contributed by atoms with van der Waals surface area (Å²) in [6.45, 7) is 25.2. The Morgan fingerprint density at radius 2 is 0.908 bits per heavy atom. The summed E-state index contributed by atoms with van der Waals surface area (Å²) in [5.74, 6) is 7.78. The van der Waals surface area contributed by atoms with Gasteiger partial charge < -0.3 is 24.4 Å². The lowest BCUT2D eigenvalue weighted by Gasteiger charge is -2.24. The van der Waals surface area contributed by atoms with Crippen LogP contribution in [0, 0.1) is 23.7 Å². The predicted molar refractivity (Wildman–Crippen MR) is 497 cm³/mol. The minimum Gasteiger partial charge on any atom is -0.468 e. The zero-order valence-electron chi connectivity index (χ0n) is 71.3. The zero-order valence-corrected chi connectivity index (χ0v) is 74.6. The normalized spacial score (nSPS) is 15.5. The molecule has 14 aromatic rings. The highest BCUT2D eigenvalue weighted by molar-refractivity contribution is 7.20. The Balaban J connectivity index is 0.000000117. The topological polar surface area (TPSA) is 219 Å². The van der Waals surface area contributed by atoms with E-state index >= 15 is 0 Å². The summed E-state index contributed by atoms with van der Waals surface area (Å²) in [6.07, 6.45) is 28.1. The van der Waals surface area contributed by atoms with Gasteiger partial charge in [-0.25, -0.2) is 19.9 Å². The number of aryl methyl sites for hydroxylation is 9. The summed E-state index contributed by atoms with van der Waals surface area (Å²) in [4.78, 5) is 103. The predicted octanol–water partition coefficient (Wildman–Crippen LogP) is 21.5. The van der Waals surface area contributed by atoms with E-state index in [0.717, 1.165) is 198 Å². The maximum atomic E-state index is 12.8. The second kappa shape index (κ2) is 40.7. The van der Waals surface area contributed by atoms with Crippen LogP contribution >= 0.6 is 45.3 Å². The van der Waals surface area contributed by atoms with Crippen LogP contribution in [0.3, 0.4) is 0 Å². The fourth-order valence-corrected chi connectivity index (χ4v) is 23.6. The second-order valence-electron chi connectivity index (χ2n) is 35.0. The van der Waals surface area contributed by atoms with E-state index in [-0.39, 0.29) is 22.2 Å². The fraction of sp³-hybridized carbons (Fsp3) is 0.444. The van der Waals surface area contributed by atoms with Crippen molar-refractivity contribution in [3.05, 3.63) is 280 Å². The van der Waals surface area contributed by atoms with Crippen molar-refractivity contribution < 1.29 is 4.42 Å². The number of para-hydroxylation sites is 1. The number of fused-ring (bicyclic) bond motifs is 13. The molecule has 3 atom stereocenters. The Morgan fingerprint density at radius 1 is 0.442 bits per heavy atom. The molecule has 5 aliphatic carbocycles. The van der Waals surface area contributed by atoms with E-state index in [1.54, 1.807) is 51.6 Å². The number of H-pyrrole nitrogens is 4. The SMILES string of the molecule is CC(C)CN(Cc1ccccc1)Cc1nc2sc3c(c2c(=O)[nH]1)CCC3.CC(C)CN(Cc1nc2sc3c(c2c(=O)[nH]1)CCC3)Cc1ccco1.CC(CCc1cnc2ccccc2c1)c1ccccc1.CCN(Cc1nc2sc3c(c2c(=O)[nH]1)CCC(C)C3)CC(C)c1ccccc1.O=c1[nH]c(CCC2CCCCC2)nc2sc3c(c12)CCC3. The third-order valence-corrected chi connectivity index (χ3v) is 29.1. The first-order chi connectivity index (χ1) is 58.4. The lowest BCUT2D eigenvalue weighted by Crippen LogP contribution is -2.29. The first-order valence-electron chi connectivity index (χ1n) is 44.2. The standard InChI is InChI=1S/C23H29N3OS.C21H25N3OS.C19H23N3O2S.C19H19N.C17H22N2OS/c1-4-26(13-16(3)17-8-6-5-7-9-17)14-20-24-22(27)21-18-11-10-15(2)12-19(18)28-23(21)25-20;1-14(2)11-24(12-15-7-4-3-5-8-15)13-18-22-20(25)19-16-9-6-10-17(16)26-21(19)23-18;1-12(2)9-22(10-13-5-4-8-24-13)11-16-20-18(23)17-14-6-3-7-15(14)25-19(17)21-16;1-15(17-7-3-2-4-8-17)11-12-16-13-18-9-5-6-10-19(18)20-14-16;20-16-15-12-7-4-8-13(12)21-17(15)19-14(18-16)10-9-11-5-2-1-3-6-11/h5-9,15-16H,4,10-14H2,1-3H3,(H,24,25,27);3-5,7-8,14H,6,9-13H2,1-2H3,(H,22,23,25);4-5,8,12H,3,6-7,9-11H2,1-2H3,(H,20,21,23);2-10,13-15H,11-12H2,1H3;11H,1-10H2,(H,18,19,20). The van der Waals surface area contributed by atoms with E-state index in [1.165, 1.54) is 121 Å². The molecule has 10 heterocycles. The van der Waals surface area contributed by atoms with Crippen molar-refractivity contribution in [1.82, 2.24) is 59.6 Å². The molecule has 3 unspecified atom stereocenters. The van der Waals surface area contributed by atoms with Crippen LogP contribution in [0.25, 0.3) is 51.8 Å². The lowest BCUT2D eigenvalue weighted by atomic mass is 9.86. The van der Waals surface area contributed by atoms with E-state index in [9.17, 15) is 19.2 Å². The molecular weight excluding hydrogens is 1570 g/mol. The number of furan rings is 1. The number of hydrogen-bond acceptors (Lipinski definition) is 17. The van der Waals surface area contributed by atoms with Gasteiger partial charge in [-0.1, -0.05) is 197 Å². The van der Waals surface area contributed by atoms with Crippen LogP contribution in [-0.4, -0.2) is 85.7 Å². The number of pyridine rings is 1. The molecule has 120 heavy (non-hydrogen) atoms. The molecular formula is C99H118N12O5S4. The molecule has 0 spiro atoms. The van der Waals surface area contributed by atoms with Crippen LogP contribution in [0.2, 0.25) is 0 Å². The van der Waals surface area contributed by atoms with Gasteiger partial charge in [0.05, 0.1) is 59.5 Å². The number of rotatable bonds is 25. The summed E-state index contributed by atoms with van der Waals surface area (Å²) in [5, 5.41) is 4.62. The lowest BCUT2D eigenvalue weighted by molar-refractivity contribution is 0.206. The number of nitrogens with one attached hydrogen (secondary N) is 4. The van der Waals surface area contributed by atoms with Crippen molar-refractivity contribution in [3.63, 3.8) is 0 Å². The van der Waals surface area contributed by atoms with Crippen LogP contribution in [0.4, 0.5) is 0 Å². The number of aromatic amines is 4. The third kappa shape index (κ3) is 21.8. The number of likely N-dealkylation sites (N-methyl/N-ethyl adjacent to an activating group) is 1. The van der Waals surface area contributed by atoms with Gasteiger partial charge in [-0.2, -0.15) is 0 Å². The van der Waals surface area contributed by atoms with Gasteiger partial charge in [0.25, 0.3) is 22.2 Å². The van der Waals surface area contributed by atoms with Crippen molar-refractivity contribution in [2.24, 2.45) is 23.7 Å². The first kappa shape index (κ1) is 85.8. The monoisotopic (exact) mass is 1680 g/mol. The highest BCUT2D eigenvalue weighted by Crippen LogP contribution is 2.40. The van der Waals surface area contributed by atoms with Gasteiger partial charge in [0.2, 0.25) is 0 Å². The van der Waals surface area contributed by atoms with E-state index < -0.39 is 0 Å². The van der Waals surface area contributed by atoms with Crippen LogP contribution in [0.15, 0.2) is 170 Å². The van der Waals surface area contributed by atoms with Gasteiger partial charge in [-0.05, 0) is 207 Å². The van der Waals surface area contributed by atoms with Crippen LogP contribution in [0.1, 0.15) is 231 Å². The van der Waals surface area contributed by atoms with Crippen LogP contribution in [-0.2, 0) is 96.9 Å². The Kier molecular flexibility index (Phi) is 29.1. The number of aromatic nitrogens is 9. The van der Waals surface area contributed by atoms with Crippen molar-refractivity contribution in [2.45, 2.75) is 235 Å². The molecule has 4 aromatic carbocycles. The maximum Gasteiger partial charge on any atom is 0.259 e. The van der Waals surface area contributed by atoms with Gasteiger partial charge in [-0.15, -0.1) is 45.3 Å². The summed E-state index contributed by atoms with van der Waals surface area (Å²) in [5.41, 5.74) is 11.6. The molecule has 19 rings (SSSR count). The van der Waals surface area contributed by atoms with Crippen LogP contribution < -0.4 is 22.2 Å². The summed E-state index contributed by atoms with van der Waals surface area (Å²) >= 11 is 6.88. The van der Waals surface area contributed by atoms with E-state index in [2.05, 4.69) is 204 Å². The number of nitrogens with zero attached hydrogens (tertiary/aromatic N) is 8. The Labute approximate surface area is 721 Å². The van der Waals surface area contributed by atoms with Crippen molar-refractivity contribution in [1.29, 1.82) is 0 Å². The van der Waals surface area contributed by atoms with E-state index in [0.29, 0.717) is 55.8 Å². The molecule has 21 heteroatoms. The zero-order chi connectivity index (χ0) is 83.2. The second-order valence-corrected chi connectivity index (χ2v) is 39.3. The van der Waals surface area contributed by atoms with Gasteiger partial charge in [0.15, 0.2) is 0 Å². The molecule has 17 nitrogen and oxygen atoms in total. The molecule has 10 aromatic heterocycles. The molecule has 5 aliphatic rings. The van der Waals surface area contributed by atoms with Crippen LogP contribution in [0.5, 0.6) is 0 Å². The third-order valence-electron chi connectivity index (χ3n) is 24.4. The Bertz CT molecular complexity index is 5970. The molecule has 0 amide bonds. The van der Waals surface area contributed by atoms with Crippen molar-refractivity contribution in [3.8, 4) is 0 Å². The molecule has 0 bridgehead atoms. The highest BCUT2D eigenvalue weighted by atomic mass is 32.1. The molecule has 1 saturated carbocycles. The molecule has 4 N–H and O–H groups in total. The number of hydrogen-bond donors (Lipinski definition) is 4. The van der Waals surface area contributed by atoms with Crippen molar-refractivity contribution in [2.75, 3.05) is 26.2 Å². The first-order valence-corrected chi connectivity index (χ1v) is 47.5. The quantitative estimate of drug-likeness (QED) is 0.0419. The van der Waals surface area contributed by atoms with E-state index in [4.69, 9.17) is 24.4 Å². The molecule has 0 radical (unpaired) electrons. The Hall–Kier alpha value is -9.19. The average Bonchev–Trinajstić information content (AvgIpc) is 1.63. The summed E-state index contributed by atoms with van der Waals surface area (Å²) in [7, 11) is 0. The molecule has 0 saturated heterocycles. The van der Waals surface area contributed by atoms with Gasteiger partial charge in [-0.3, -0.25) is 38.9 Å².